The molecule has 0 amide bonds. The fourth-order valence-corrected chi connectivity index (χ4v) is 8.33. The van der Waals surface area contributed by atoms with Crippen LogP contribution >= 0.6 is 0 Å². The average Bonchev–Trinajstić information content (AvgIpc) is 3.74. The lowest BCUT2D eigenvalue weighted by molar-refractivity contribution is 0.936. The van der Waals surface area contributed by atoms with Gasteiger partial charge in [-0.1, -0.05) is 72.8 Å². The molecule has 7 aromatic rings. The van der Waals surface area contributed by atoms with Gasteiger partial charge in [0.05, 0.1) is 13.3 Å². The highest BCUT2D eigenvalue weighted by Gasteiger charge is 2.29. The molecule has 0 spiro atoms. The second-order valence-corrected chi connectivity index (χ2v) is 14.4. The number of fused-ring (bicyclic) bond motifs is 2. The van der Waals surface area contributed by atoms with E-state index in [0.29, 0.717) is 13.3 Å². The van der Waals surface area contributed by atoms with E-state index in [-0.39, 0.29) is 0 Å². The van der Waals surface area contributed by atoms with Crippen LogP contribution in [0.5, 0.6) is 0 Å². The van der Waals surface area contributed by atoms with Crippen molar-refractivity contribution >= 4 is 34.6 Å². The summed E-state index contributed by atoms with van der Waals surface area (Å²) >= 11 is 0. The molecule has 2 aliphatic heterocycles. The van der Waals surface area contributed by atoms with Gasteiger partial charge < -0.3 is 19.6 Å². The Bertz CT molecular complexity index is 2340. The summed E-state index contributed by atoms with van der Waals surface area (Å²) in [5.41, 5.74) is 17.3. The smallest absolute Gasteiger partial charge is 0.178 e. The predicted molar refractivity (Wildman–Crippen MR) is 222 cm³/mol. The normalized spacial score (nSPS) is 13.4. The first-order valence-corrected chi connectivity index (χ1v) is 18.4. The van der Waals surface area contributed by atoms with Crippen LogP contribution in [0, 0.1) is 27.7 Å². The lowest BCUT2D eigenvalue weighted by Gasteiger charge is -2.24. The molecule has 8 nitrogen and oxygen atoms in total. The van der Waals surface area contributed by atoms with Crippen molar-refractivity contribution in [1.29, 1.82) is 0 Å². The van der Waals surface area contributed by atoms with Gasteiger partial charge in [-0.3, -0.25) is 0 Å². The molecule has 0 N–H and O–H groups in total. The first-order chi connectivity index (χ1) is 26.3. The van der Waals surface area contributed by atoms with Crippen LogP contribution < -0.4 is 19.6 Å². The highest BCUT2D eigenvalue weighted by Crippen LogP contribution is 2.46. The minimum Gasteiger partial charge on any atom is -0.338 e. The van der Waals surface area contributed by atoms with Crippen LogP contribution in [0.4, 0.5) is 34.6 Å². The molecule has 4 heterocycles. The predicted octanol–water partition coefficient (Wildman–Crippen LogP) is 10.3. The van der Waals surface area contributed by atoms with Crippen LogP contribution in [0.15, 0.2) is 122 Å². The molecule has 0 aliphatic carbocycles. The summed E-state index contributed by atoms with van der Waals surface area (Å²) in [5, 5.41) is 0. The second kappa shape index (κ2) is 13.1. The van der Waals surface area contributed by atoms with E-state index in [0.717, 1.165) is 34.6 Å². The zero-order chi connectivity index (χ0) is 37.1. The van der Waals surface area contributed by atoms with E-state index in [2.05, 4.69) is 178 Å². The lowest BCUT2D eigenvalue weighted by Crippen LogP contribution is -2.24. The van der Waals surface area contributed by atoms with Gasteiger partial charge in [0, 0.05) is 50.3 Å². The van der Waals surface area contributed by atoms with Gasteiger partial charge in [-0.2, -0.15) is 0 Å². The molecule has 0 bridgehead atoms. The Morgan fingerprint density at radius 1 is 0.389 bits per heavy atom. The maximum Gasteiger partial charge on any atom is 0.178 e. The van der Waals surface area contributed by atoms with Crippen molar-refractivity contribution in [3.63, 3.8) is 0 Å². The molecule has 0 fully saturated rings. The van der Waals surface area contributed by atoms with Crippen LogP contribution in [-0.2, 0) is 0 Å². The third-order valence-electron chi connectivity index (χ3n) is 11.3. The van der Waals surface area contributed by atoms with Crippen molar-refractivity contribution in [2.75, 3.05) is 47.0 Å². The molecule has 0 saturated carbocycles. The molecule has 2 aliphatic rings. The molecule has 0 saturated heterocycles. The Balaban J connectivity index is 1.07. The van der Waals surface area contributed by atoms with E-state index in [1.165, 1.54) is 66.8 Å². The standard InChI is InChI=1S/C46H42N8/c1-29-30(2)42(40-14-10-8-12-38(40)34-17-21-36(22-18-34)54-28-52(6)44-46(54)50-26-24-48-44)32(4)31(3)41(29)39-13-9-7-11-37(39)33-15-19-35(20-16-33)53-27-51(5)43-45(53)49-25-23-47-43/h7-26H,27-28H2,1-6H3. The quantitative estimate of drug-likeness (QED) is 0.169. The summed E-state index contributed by atoms with van der Waals surface area (Å²) in [5.74, 6) is 3.59. The Morgan fingerprint density at radius 2 is 0.704 bits per heavy atom. The first-order valence-electron chi connectivity index (χ1n) is 18.4. The summed E-state index contributed by atoms with van der Waals surface area (Å²) in [6, 6.07) is 35.4. The highest BCUT2D eigenvalue weighted by molar-refractivity contribution is 5.94. The Kier molecular flexibility index (Phi) is 8.11. The molecule has 0 radical (unpaired) electrons. The van der Waals surface area contributed by atoms with E-state index in [1.807, 2.05) is 0 Å². The monoisotopic (exact) mass is 706 g/mol. The third kappa shape index (κ3) is 5.36. The van der Waals surface area contributed by atoms with Crippen LogP contribution in [0.3, 0.4) is 0 Å². The molecule has 266 valence electrons. The second-order valence-electron chi connectivity index (χ2n) is 14.4. The minimum absolute atomic E-state index is 0.716. The number of benzene rings is 5. The average molecular weight is 707 g/mol. The number of rotatable bonds is 6. The van der Waals surface area contributed by atoms with E-state index in [4.69, 9.17) is 0 Å². The SMILES string of the molecule is Cc1c(C)c(-c2ccccc2-c2ccc(N3CN(C)c4nccnc43)cc2)c(C)c(C)c1-c1ccccc1-c1ccc(N2CN(C)c3nccnc32)cc1. The van der Waals surface area contributed by atoms with Gasteiger partial charge in [0.1, 0.15) is 0 Å². The van der Waals surface area contributed by atoms with Crippen molar-refractivity contribution in [1.82, 2.24) is 19.9 Å². The number of aromatic nitrogens is 4. The molecular weight excluding hydrogens is 665 g/mol. The van der Waals surface area contributed by atoms with Crippen molar-refractivity contribution in [3.05, 3.63) is 144 Å². The van der Waals surface area contributed by atoms with Crippen molar-refractivity contribution < 1.29 is 0 Å². The van der Waals surface area contributed by atoms with E-state index >= 15 is 0 Å². The van der Waals surface area contributed by atoms with E-state index < -0.39 is 0 Å². The van der Waals surface area contributed by atoms with E-state index in [9.17, 15) is 0 Å². The number of anilines is 6. The molecule has 2 aromatic heterocycles. The molecule has 0 unspecified atom stereocenters. The maximum absolute atomic E-state index is 4.63. The minimum atomic E-state index is 0.716. The molecular formula is C46H42N8. The van der Waals surface area contributed by atoms with Gasteiger partial charge in [-0.15, -0.1) is 0 Å². The molecule has 54 heavy (non-hydrogen) atoms. The molecule has 5 aromatic carbocycles. The van der Waals surface area contributed by atoms with E-state index in [1.54, 1.807) is 24.8 Å². The fourth-order valence-electron chi connectivity index (χ4n) is 8.33. The number of nitrogens with zero attached hydrogens (tertiary/aromatic N) is 8. The maximum atomic E-state index is 4.63. The van der Waals surface area contributed by atoms with Gasteiger partial charge in [-0.25, -0.2) is 19.9 Å². The lowest BCUT2D eigenvalue weighted by atomic mass is 9.80. The van der Waals surface area contributed by atoms with Gasteiger partial charge in [0.25, 0.3) is 0 Å². The topological polar surface area (TPSA) is 64.5 Å². The zero-order valence-corrected chi connectivity index (χ0v) is 31.5. The number of hydrogen-bond donors (Lipinski definition) is 0. The van der Waals surface area contributed by atoms with Crippen LogP contribution in [0.25, 0.3) is 44.5 Å². The number of hydrogen-bond acceptors (Lipinski definition) is 8. The summed E-state index contributed by atoms with van der Waals surface area (Å²) in [6.07, 6.45) is 7.02. The third-order valence-corrected chi connectivity index (χ3v) is 11.3. The zero-order valence-electron chi connectivity index (χ0n) is 31.5. The first kappa shape index (κ1) is 33.3. The van der Waals surface area contributed by atoms with Gasteiger partial charge in [-0.05, 0) is 119 Å². The summed E-state index contributed by atoms with van der Waals surface area (Å²) < 4.78 is 0. The van der Waals surface area contributed by atoms with Crippen molar-refractivity contribution in [3.8, 4) is 44.5 Å². The summed E-state index contributed by atoms with van der Waals surface area (Å²) in [7, 11) is 4.11. The molecule has 8 heteroatoms. The van der Waals surface area contributed by atoms with Crippen LogP contribution in [0.1, 0.15) is 22.3 Å². The summed E-state index contributed by atoms with van der Waals surface area (Å²) in [6.45, 7) is 10.6. The highest BCUT2D eigenvalue weighted by atomic mass is 15.4. The Hall–Kier alpha value is -6.54. The Morgan fingerprint density at radius 3 is 1.06 bits per heavy atom. The molecule has 9 rings (SSSR count). The van der Waals surface area contributed by atoms with Crippen LogP contribution in [0.2, 0.25) is 0 Å². The summed E-state index contributed by atoms with van der Waals surface area (Å²) in [4.78, 5) is 27.0. The molecule has 0 atom stereocenters. The fraction of sp³-hybridized carbons (Fsp3) is 0.174. The van der Waals surface area contributed by atoms with Gasteiger partial charge in [0.2, 0.25) is 0 Å². The Labute approximate surface area is 317 Å². The van der Waals surface area contributed by atoms with Crippen LogP contribution in [-0.4, -0.2) is 47.4 Å². The van der Waals surface area contributed by atoms with Gasteiger partial charge in [0.15, 0.2) is 23.3 Å². The van der Waals surface area contributed by atoms with Crippen molar-refractivity contribution in [2.24, 2.45) is 0 Å². The van der Waals surface area contributed by atoms with Gasteiger partial charge >= 0.3 is 0 Å². The van der Waals surface area contributed by atoms with Crippen molar-refractivity contribution in [2.45, 2.75) is 27.7 Å². The largest absolute Gasteiger partial charge is 0.338 e.